The van der Waals surface area contributed by atoms with Crippen molar-refractivity contribution in [3.63, 3.8) is 0 Å². The van der Waals surface area contributed by atoms with Crippen molar-refractivity contribution in [2.45, 2.75) is 39.2 Å². The summed E-state index contributed by atoms with van der Waals surface area (Å²) in [7, 11) is 1.36. The number of carbonyl (C=O) groups excluding carboxylic acids is 2. The fraction of sp³-hybridized carbons (Fsp3) is 0.846. The summed E-state index contributed by atoms with van der Waals surface area (Å²) in [6, 6.07) is -0.526. The molecule has 0 radical (unpaired) electrons. The van der Waals surface area contributed by atoms with E-state index in [1.54, 1.807) is 0 Å². The first-order valence-electron chi connectivity index (χ1n) is 6.69. The van der Waals surface area contributed by atoms with Gasteiger partial charge >= 0.3 is 5.97 Å². The van der Waals surface area contributed by atoms with Crippen LogP contribution in [0.3, 0.4) is 0 Å². The largest absolute Gasteiger partial charge is 0.467 e. The highest BCUT2D eigenvalue weighted by Gasteiger charge is 2.30. The molecule has 5 heteroatoms. The van der Waals surface area contributed by atoms with E-state index in [0.717, 1.165) is 32.4 Å². The molecule has 0 aromatic rings. The molecule has 0 spiro atoms. The van der Waals surface area contributed by atoms with Gasteiger partial charge in [0.2, 0.25) is 5.91 Å². The number of ether oxygens (including phenoxy) is 1. The molecule has 1 heterocycles. The van der Waals surface area contributed by atoms with E-state index in [9.17, 15) is 9.59 Å². The number of hydrogen-bond donors (Lipinski definition) is 2. The molecule has 1 aliphatic heterocycles. The van der Waals surface area contributed by atoms with Gasteiger partial charge in [0.25, 0.3) is 0 Å². The molecular formula is C13H24N2O3. The van der Waals surface area contributed by atoms with Gasteiger partial charge in [-0.2, -0.15) is 0 Å². The molecule has 18 heavy (non-hydrogen) atoms. The minimum Gasteiger partial charge on any atom is -0.467 e. The Morgan fingerprint density at radius 2 is 2.00 bits per heavy atom. The molecule has 0 aromatic carbocycles. The molecular weight excluding hydrogens is 232 g/mol. The molecule has 0 saturated carbocycles. The number of piperidine rings is 1. The van der Waals surface area contributed by atoms with Crippen LogP contribution < -0.4 is 10.6 Å². The summed E-state index contributed by atoms with van der Waals surface area (Å²) in [6.45, 7) is 5.68. The number of amides is 1. The molecule has 1 amide bonds. The van der Waals surface area contributed by atoms with Crippen LogP contribution in [-0.4, -0.2) is 38.1 Å². The fourth-order valence-corrected chi connectivity index (χ4v) is 2.15. The molecule has 1 saturated heterocycles. The van der Waals surface area contributed by atoms with Gasteiger partial charge in [-0.05, 0) is 31.8 Å². The summed E-state index contributed by atoms with van der Waals surface area (Å²) in [6.07, 6.45) is 2.49. The average molecular weight is 256 g/mol. The van der Waals surface area contributed by atoms with Crippen LogP contribution in [0.2, 0.25) is 0 Å². The lowest BCUT2D eigenvalue weighted by Crippen LogP contribution is -2.49. The van der Waals surface area contributed by atoms with Crippen molar-refractivity contribution < 1.29 is 14.3 Å². The van der Waals surface area contributed by atoms with Crippen LogP contribution in [0.15, 0.2) is 0 Å². The van der Waals surface area contributed by atoms with Gasteiger partial charge < -0.3 is 15.4 Å². The molecule has 5 nitrogen and oxygen atoms in total. The lowest BCUT2D eigenvalue weighted by atomic mass is 9.94. The van der Waals surface area contributed by atoms with E-state index in [2.05, 4.69) is 10.6 Å². The molecule has 0 bridgehead atoms. The van der Waals surface area contributed by atoms with Crippen LogP contribution in [0.25, 0.3) is 0 Å². The predicted octanol–water partition coefficient (Wildman–Crippen LogP) is 0.690. The Morgan fingerprint density at radius 3 is 2.50 bits per heavy atom. The van der Waals surface area contributed by atoms with Crippen LogP contribution in [0.4, 0.5) is 0 Å². The van der Waals surface area contributed by atoms with Gasteiger partial charge in [-0.15, -0.1) is 0 Å². The molecule has 0 aromatic heterocycles. The summed E-state index contributed by atoms with van der Waals surface area (Å²) >= 11 is 0. The number of nitrogens with one attached hydrogen (secondary N) is 2. The average Bonchev–Trinajstić information content (AvgIpc) is 2.43. The maximum atomic E-state index is 12.1. The van der Waals surface area contributed by atoms with Gasteiger partial charge in [0.05, 0.1) is 7.11 Å². The van der Waals surface area contributed by atoms with E-state index in [4.69, 9.17) is 4.74 Å². The molecule has 104 valence electrons. The van der Waals surface area contributed by atoms with Crippen molar-refractivity contribution in [1.29, 1.82) is 0 Å². The Bertz CT molecular complexity index is 288. The highest BCUT2D eigenvalue weighted by Crippen LogP contribution is 2.14. The van der Waals surface area contributed by atoms with E-state index in [1.165, 1.54) is 7.11 Å². The first kappa shape index (κ1) is 15.0. The minimum absolute atomic E-state index is 0.0162. The van der Waals surface area contributed by atoms with Crippen molar-refractivity contribution in [3.05, 3.63) is 0 Å². The quantitative estimate of drug-likeness (QED) is 0.710. The Kier molecular flexibility index (Phi) is 6.12. The minimum atomic E-state index is -0.526. The Labute approximate surface area is 109 Å². The van der Waals surface area contributed by atoms with E-state index < -0.39 is 6.04 Å². The van der Waals surface area contributed by atoms with Gasteiger partial charge in [-0.1, -0.05) is 20.3 Å². The maximum absolute atomic E-state index is 12.1. The zero-order valence-electron chi connectivity index (χ0n) is 11.5. The lowest BCUT2D eigenvalue weighted by molar-refractivity contribution is -0.147. The normalized spacial score (nSPS) is 19.9. The molecule has 1 rings (SSSR count). The van der Waals surface area contributed by atoms with Gasteiger partial charge in [0.15, 0.2) is 0 Å². The van der Waals surface area contributed by atoms with Crippen LogP contribution >= 0.6 is 0 Å². The van der Waals surface area contributed by atoms with Gasteiger partial charge in [0, 0.05) is 5.92 Å². The second-order valence-electron chi connectivity index (χ2n) is 4.92. The topological polar surface area (TPSA) is 67.4 Å². The van der Waals surface area contributed by atoms with E-state index in [-0.39, 0.29) is 23.7 Å². The first-order chi connectivity index (χ1) is 8.60. The monoisotopic (exact) mass is 256 g/mol. The van der Waals surface area contributed by atoms with Crippen molar-refractivity contribution in [2.24, 2.45) is 11.8 Å². The molecule has 0 unspecified atom stereocenters. The summed E-state index contributed by atoms with van der Waals surface area (Å²) in [5.74, 6) is -0.274. The summed E-state index contributed by atoms with van der Waals surface area (Å²) in [4.78, 5) is 23.8. The second-order valence-corrected chi connectivity index (χ2v) is 4.92. The zero-order chi connectivity index (χ0) is 13.5. The third-order valence-electron chi connectivity index (χ3n) is 3.68. The van der Waals surface area contributed by atoms with E-state index >= 15 is 0 Å². The van der Waals surface area contributed by atoms with Crippen molar-refractivity contribution in [3.8, 4) is 0 Å². The van der Waals surface area contributed by atoms with Gasteiger partial charge in [-0.3, -0.25) is 4.79 Å². The van der Waals surface area contributed by atoms with Crippen LogP contribution in [0.1, 0.15) is 33.1 Å². The number of esters is 1. The molecule has 1 aliphatic rings. The number of hydrogen-bond acceptors (Lipinski definition) is 4. The molecule has 1 fully saturated rings. The predicted molar refractivity (Wildman–Crippen MR) is 69.0 cm³/mol. The fourth-order valence-electron chi connectivity index (χ4n) is 2.15. The Balaban J connectivity index is 2.58. The van der Waals surface area contributed by atoms with Gasteiger partial charge in [-0.25, -0.2) is 4.79 Å². The second kappa shape index (κ2) is 7.36. The Hall–Kier alpha value is -1.10. The maximum Gasteiger partial charge on any atom is 0.328 e. The van der Waals surface area contributed by atoms with Crippen LogP contribution in [0.5, 0.6) is 0 Å². The van der Waals surface area contributed by atoms with Crippen molar-refractivity contribution in [2.75, 3.05) is 20.2 Å². The molecule has 2 atom stereocenters. The van der Waals surface area contributed by atoms with E-state index in [0.29, 0.717) is 0 Å². The van der Waals surface area contributed by atoms with Gasteiger partial charge in [0.1, 0.15) is 6.04 Å². The SMILES string of the molecule is CC[C@H](C)[C@H](NC(=O)C1CCNCC1)C(=O)OC. The van der Waals surface area contributed by atoms with Crippen molar-refractivity contribution in [1.82, 2.24) is 10.6 Å². The first-order valence-corrected chi connectivity index (χ1v) is 6.69. The van der Waals surface area contributed by atoms with Crippen LogP contribution in [0, 0.1) is 11.8 Å². The van der Waals surface area contributed by atoms with E-state index in [1.807, 2.05) is 13.8 Å². The summed E-state index contributed by atoms with van der Waals surface area (Å²) in [5.41, 5.74) is 0. The standard InChI is InChI=1S/C13H24N2O3/c1-4-9(2)11(13(17)18-3)15-12(16)10-5-7-14-8-6-10/h9-11,14H,4-8H2,1-3H3,(H,15,16)/t9-,11-/m0/s1. The molecule has 0 aliphatic carbocycles. The highest BCUT2D eigenvalue weighted by atomic mass is 16.5. The summed E-state index contributed by atoms with van der Waals surface area (Å²) in [5, 5.41) is 6.07. The number of methoxy groups -OCH3 is 1. The lowest BCUT2D eigenvalue weighted by Gasteiger charge is -2.26. The third kappa shape index (κ3) is 3.98. The third-order valence-corrected chi connectivity index (χ3v) is 3.68. The highest BCUT2D eigenvalue weighted by molar-refractivity contribution is 5.86. The number of rotatable bonds is 5. The zero-order valence-corrected chi connectivity index (χ0v) is 11.5. The Morgan fingerprint density at radius 1 is 1.39 bits per heavy atom. The number of carbonyl (C=O) groups is 2. The van der Waals surface area contributed by atoms with Crippen LogP contribution in [-0.2, 0) is 14.3 Å². The summed E-state index contributed by atoms with van der Waals surface area (Å²) < 4.78 is 4.76. The van der Waals surface area contributed by atoms with Crippen molar-refractivity contribution >= 4 is 11.9 Å². The molecule has 2 N–H and O–H groups in total. The smallest absolute Gasteiger partial charge is 0.328 e.